The Morgan fingerprint density at radius 3 is 2.79 bits per heavy atom. The Morgan fingerprint density at radius 1 is 1.28 bits per heavy atom. The van der Waals surface area contributed by atoms with Crippen LogP contribution in [0.4, 0.5) is 0 Å². The van der Waals surface area contributed by atoms with Crippen molar-refractivity contribution in [2.45, 2.75) is 12.5 Å². The summed E-state index contributed by atoms with van der Waals surface area (Å²) in [5.41, 5.74) is 13.9. The minimum absolute atomic E-state index is 0.244. The fourth-order valence-corrected chi connectivity index (χ4v) is 3.20. The molecular formula is C20H21N7O2. The molecule has 9 heteroatoms. The predicted molar refractivity (Wildman–Crippen MR) is 109 cm³/mol. The van der Waals surface area contributed by atoms with Gasteiger partial charge in [0.1, 0.15) is 16.9 Å². The predicted octanol–water partition coefficient (Wildman–Crippen LogP) is 2.14. The van der Waals surface area contributed by atoms with Crippen molar-refractivity contribution < 1.29 is 9.63 Å². The highest BCUT2D eigenvalue weighted by atomic mass is 16.5. The van der Waals surface area contributed by atoms with Gasteiger partial charge in [-0.25, -0.2) is 4.98 Å². The third-order valence-corrected chi connectivity index (χ3v) is 4.85. The van der Waals surface area contributed by atoms with Gasteiger partial charge in [0, 0.05) is 65.6 Å². The number of pyridine rings is 1. The van der Waals surface area contributed by atoms with Crippen LogP contribution in [0, 0.1) is 0 Å². The van der Waals surface area contributed by atoms with Gasteiger partial charge in [0.2, 0.25) is 0 Å². The first-order chi connectivity index (χ1) is 13.9. The minimum Gasteiger partial charge on any atom is -0.405 e. The molecule has 6 N–H and O–H groups in total. The van der Waals surface area contributed by atoms with Crippen LogP contribution in [0.25, 0.3) is 33.4 Å². The van der Waals surface area contributed by atoms with E-state index in [1.807, 2.05) is 19.3 Å². The lowest BCUT2D eigenvalue weighted by molar-refractivity contribution is 0.0685. The van der Waals surface area contributed by atoms with Gasteiger partial charge >= 0.3 is 0 Å². The molecule has 4 rings (SSSR count). The van der Waals surface area contributed by atoms with Crippen molar-refractivity contribution >= 4 is 11.0 Å². The normalized spacial score (nSPS) is 14.7. The van der Waals surface area contributed by atoms with Crippen molar-refractivity contribution in [3.05, 3.63) is 66.7 Å². The van der Waals surface area contributed by atoms with E-state index in [9.17, 15) is 5.11 Å². The molecule has 0 spiro atoms. The summed E-state index contributed by atoms with van der Waals surface area (Å²) in [6.45, 7) is 1.56. The Hall–Kier alpha value is -3.85. The zero-order valence-electron chi connectivity index (χ0n) is 16.0. The summed E-state index contributed by atoms with van der Waals surface area (Å²) in [7, 11) is 1.86. The van der Waals surface area contributed by atoms with E-state index in [-0.39, 0.29) is 5.76 Å². The molecule has 0 fully saturated rings. The number of fused-ring (bicyclic) bond motifs is 1. The lowest BCUT2D eigenvalue weighted by atomic mass is 9.93. The van der Waals surface area contributed by atoms with Crippen molar-refractivity contribution in [1.82, 2.24) is 24.9 Å². The molecule has 0 aliphatic carbocycles. The molecule has 29 heavy (non-hydrogen) atoms. The van der Waals surface area contributed by atoms with Crippen LogP contribution in [0.5, 0.6) is 0 Å². The molecule has 0 saturated carbocycles. The summed E-state index contributed by atoms with van der Waals surface area (Å²) >= 11 is 0. The summed E-state index contributed by atoms with van der Waals surface area (Å²) in [4.78, 5) is 7.62. The van der Waals surface area contributed by atoms with Crippen LogP contribution in [-0.4, -0.2) is 30.0 Å². The first-order valence-electron chi connectivity index (χ1n) is 8.90. The van der Waals surface area contributed by atoms with Gasteiger partial charge in [0.15, 0.2) is 5.76 Å². The maximum atomic E-state index is 10.9. The van der Waals surface area contributed by atoms with Gasteiger partial charge in [-0.3, -0.25) is 4.68 Å². The van der Waals surface area contributed by atoms with E-state index in [0.717, 1.165) is 27.7 Å². The van der Waals surface area contributed by atoms with E-state index in [1.165, 1.54) is 18.5 Å². The van der Waals surface area contributed by atoms with E-state index in [1.54, 1.807) is 36.3 Å². The monoisotopic (exact) mass is 391 g/mol. The van der Waals surface area contributed by atoms with Gasteiger partial charge < -0.3 is 26.1 Å². The van der Waals surface area contributed by atoms with Crippen LogP contribution < -0.4 is 11.5 Å². The lowest BCUT2D eigenvalue weighted by Gasteiger charge is -2.20. The van der Waals surface area contributed by atoms with Crippen LogP contribution in [0.15, 0.2) is 65.5 Å². The van der Waals surface area contributed by atoms with E-state index >= 15 is 0 Å². The minimum atomic E-state index is -1.49. The largest absolute Gasteiger partial charge is 0.405 e. The SMILES string of the molecule is Cn1cc(-c2cnc3[nH]cc(-c4cc(C(C)(O)C(/C=C\N)=C/N)on4)c3c2)cn1. The lowest BCUT2D eigenvalue weighted by Crippen LogP contribution is -2.23. The summed E-state index contributed by atoms with van der Waals surface area (Å²) in [5, 5.41) is 20.1. The molecule has 0 bridgehead atoms. The topological polar surface area (TPSA) is 145 Å². The van der Waals surface area contributed by atoms with Crippen LogP contribution in [0.3, 0.4) is 0 Å². The van der Waals surface area contributed by atoms with Crippen LogP contribution >= 0.6 is 0 Å². The molecule has 4 aromatic heterocycles. The van der Waals surface area contributed by atoms with Crippen molar-refractivity contribution in [1.29, 1.82) is 0 Å². The zero-order valence-corrected chi connectivity index (χ0v) is 16.0. The number of aromatic amines is 1. The summed E-state index contributed by atoms with van der Waals surface area (Å²) in [6.07, 6.45) is 11.4. The number of H-pyrrole nitrogens is 1. The molecule has 0 aliphatic rings. The third kappa shape index (κ3) is 3.17. The Kier molecular flexibility index (Phi) is 4.44. The Balaban J connectivity index is 1.76. The quantitative estimate of drug-likeness (QED) is 0.381. The first-order valence-corrected chi connectivity index (χ1v) is 8.90. The van der Waals surface area contributed by atoms with Gasteiger partial charge in [-0.1, -0.05) is 5.16 Å². The second-order valence-corrected chi connectivity index (χ2v) is 6.85. The van der Waals surface area contributed by atoms with Gasteiger partial charge in [0.05, 0.1) is 6.20 Å². The molecule has 0 amide bonds. The van der Waals surface area contributed by atoms with Gasteiger partial charge in [-0.15, -0.1) is 0 Å². The number of rotatable bonds is 5. The molecule has 0 aromatic carbocycles. The number of nitrogens with one attached hydrogen (secondary N) is 1. The maximum absolute atomic E-state index is 10.9. The number of nitrogens with zero attached hydrogens (tertiary/aromatic N) is 4. The van der Waals surface area contributed by atoms with Crippen molar-refractivity contribution in [3.8, 4) is 22.4 Å². The summed E-state index contributed by atoms with van der Waals surface area (Å²) in [5.74, 6) is 0.244. The molecule has 9 nitrogen and oxygen atoms in total. The van der Waals surface area contributed by atoms with Gasteiger partial charge in [-0.05, 0) is 25.3 Å². The Morgan fingerprint density at radius 2 is 2.10 bits per heavy atom. The number of hydrogen-bond acceptors (Lipinski definition) is 7. The highest BCUT2D eigenvalue weighted by molar-refractivity contribution is 5.94. The molecule has 1 unspecified atom stereocenters. The molecule has 0 saturated heterocycles. The van der Waals surface area contributed by atoms with Crippen LogP contribution in [0.2, 0.25) is 0 Å². The number of aryl methyl sites for hydroxylation is 1. The zero-order chi connectivity index (χ0) is 20.6. The molecule has 1 atom stereocenters. The average Bonchev–Trinajstić information content (AvgIpc) is 3.44. The van der Waals surface area contributed by atoms with Crippen molar-refractivity contribution in [2.24, 2.45) is 18.5 Å². The van der Waals surface area contributed by atoms with E-state index in [2.05, 4.69) is 20.2 Å². The van der Waals surface area contributed by atoms with E-state index in [4.69, 9.17) is 16.0 Å². The highest BCUT2D eigenvalue weighted by Crippen LogP contribution is 2.35. The fraction of sp³-hybridized carbons (Fsp3) is 0.150. The number of aliphatic hydroxyl groups is 1. The molecular weight excluding hydrogens is 370 g/mol. The Bertz CT molecular complexity index is 1230. The van der Waals surface area contributed by atoms with E-state index < -0.39 is 5.60 Å². The number of hydrogen-bond donors (Lipinski definition) is 4. The van der Waals surface area contributed by atoms with E-state index in [0.29, 0.717) is 11.3 Å². The smallest absolute Gasteiger partial charge is 0.173 e. The van der Waals surface area contributed by atoms with Crippen LogP contribution in [-0.2, 0) is 12.6 Å². The molecule has 0 radical (unpaired) electrons. The van der Waals surface area contributed by atoms with Crippen LogP contribution in [0.1, 0.15) is 12.7 Å². The van der Waals surface area contributed by atoms with Gasteiger partial charge in [-0.2, -0.15) is 5.10 Å². The second-order valence-electron chi connectivity index (χ2n) is 6.85. The third-order valence-electron chi connectivity index (χ3n) is 4.85. The Labute approximate surface area is 166 Å². The maximum Gasteiger partial charge on any atom is 0.173 e. The highest BCUT2D eigenvalue weighted by Gasteiger charge is 2.32. The van der Waals surface area contributed by atoms with Crippen molar-refractivity contribution in [3.63, 3.8) is 0 Å². The molecule has 4 aromatic rings. The standard InChI is InChI=1S/C20H21N7O2/c1-20(28,14(7-22)3-4-21)18-6-17(26-29-18)16-10-24-19-15(16)5-12(8-23-19)13-9-25-27(2)11-13/h3-11,28H,21-22H2,1-2H3,(H,23,24)/b4-3-,14-7+. The fourth-order valence-electron chi connectivity index (χ4n) is 3.20. The average molecular weight is 391 g/mol. The number of nitrogens with two attached hydrogens (primary N) is 2. The molecule has 0 aliphatic heterocycles. The summed E-state index contributed by atoms with van der Waals surface area (Å²) in [6, 6.07) is 3.69. The number of aromatic nitrogens is 5. The summed E-state index contributed by atoms with van der Waals surface area (Å²) < 4.78 is 7.17. The van der Waals surface area contributed by atoms with Crippen molar-refractivity contribution in [2.75, 3.05) is 0 Å². The molecule has 4 heterocycles. The van der Waals surface area contributed by atoms with Gasteiger partial charge in [0.25, 0.3) is 0 Å². The first kappa shape index (κ1) is 18.5. The molecule has 148 valence electrons. The second kappa shape index (κ2) is 6.95.